The number of rotatable bonds is 2. The number of halogens is 1. The highest BCUT2D eigenvalue weighted by Crippen LogP contribution is 2.35. The van der Waals surface area contributed by atoms with Crippen molar-refractivity contribution < 1.29 is 9.53 Å². The first-order chi connectivity index (χ1) is 9.63. The lowest BCUT2D eigenvalue weighted by Gasteiger charge is -2.29. The summed E-state index contributed by atoms with van der Waals surface area (Å²) in [5.74, 6) is 0.594. The Morgan fingerprint density at radius 3 is 3.00 bits per heavy atom. The number of carbonyl (C=O) groups is 1. The molecule has 0 bridgehead atoms. The van der Waals surface area contributed by atoms with Gasteiger partial charge in [-0.05, 0) is 30.3 Å². The zero-order valence-electron chi connectivity index (χ0n) is 10.5. The predicted molar refractivity (Wildman–Crippen MR) is 79.5 cm³/mol. The first kappa shape index (κ1) is 12.9. The molecule has 0 saturated heterocycles. The first-order valence-corrected chi connectivity index (χ1v) is 6.86. The number of nitrogens with zero attached hydrogens (tertiary/aromatic N) is 2. The van der Waals surface area contributed by atoms with E-state index in [0.717, 1.165) is 15.9 Å². The molecule has 1 aliphatic rings. The van der Waals surface area contributed by atoms with Crippen molar-refractivity contribution in [3.05, 3.63) is 46.7 Å². The van der Waals surface area contributed by atoms with Crippen LogP contribution < -0.4 is 15.4 Å². The van der Waals surface area contributed by atoms with E-state index >= 15 is 0 Å². The van der Waals surface area contributed by atoms with Crippen molar-refractivity contribution in [1.29, 1.82) is 0 Å². The molecule has 2 N–H and O–H groups in total. The fourth-order valence-corrected chi connectivity index (χ4v) is 2.44. The summed E-state index contributed by atoms with van der Waals surface area (Å²) in [5.41, 5.74) is 7.85. The second kappa shape index (κ2) is 5.13. The van der Waals surface area contributed by atoms with Crippen molar-refractivity contribution in [2.45, 2.75) is 6.54 Å². The maximum Gasteiger partial charge on any atom is 0.265 e. The highest BCUT2D eigenvalue weighted by molar-refractivity contribution is 9.10. The summed E-state index contributed by atoms with van der Waals surface area (Å²) in [4.78, 5) is 18.0. The topological polar surface area (TPSA) is 68.5 Å². The van der Waals surface area contributed by atoms with Crippen LogP contribution in [0.1, 0.15) is 5.69 Å². The normalized spacial score (nSPS) is 13.8. The summed E-state index contributed by atoms with van der Waals surface area (Å²) in [5, 5.41) is 0. The molecule has 0 unspecified atom stereocenters. The number of anilines is 2. The molecule has 1 aromatic carbocycles. The van der Waals surface area contributed by atoms with E-state index in [1.807, 2.05) is 18.2 Å². The zero-order chi connectivity index (χ0) is 14.1. The molecule has 1 aliphatic heterocycles. The molecule has 5 nitrogen and oxygen atoms in total. The molecular weight excluding hydrogens is 322 g/mol. The minimum absolute atomic E-state index is 0.0386. The molecule has 20 heavy (non-hydrogen) atoms. The summed E-state index contributed by atoms with van der Waals surface area (Å²) in [7, 11) is 0. The molecule has 0 saturated carbocycles. The van der Waals surface area contributed by atoms with E-state index in [9.17, 15) is 4.79 Å². The number of hydrogen-bond acceptors (Lipinski definition) is 4. The molecule has 0 fully saturated rings. The van der Waals surface area contributed by atoms with Gasteiger partial charge in [-0.25, -0.2) is 0 Å². The van der Waals surface area contributed by atoms with Crippen LogP contribution in [0.3, 0.4) is 0 Å². The third-order valence-corrected chi connectivity index (χ3v) is 3.52. The number of nitrogen functional groups attached to an aromatic ring is 1. The van der Waals surface area contributed by atoms with E-state index in [-0.39, 0.29) is 12.5 Å². The van der Waals surface area contributed by atoms with Crippen LogP contribution in [0.5, 0.6) is 5.75 Å². The molecule has 102 valence electrons. The molecule has 2 heterocycles. The van der Waals surface area contributed by atoms with E-state index < -0.39 is 0 Å². The SMILES string of the molecule is Nc1ccnc(CN2C(=O)COc3ccc(Br)cc32)c1. The smallest absolute Gasteiger partial charge is 0.265 e. The second-order valence-electron chi connectivity index (χ2n) is 4.46. The molecule has 1 aromatic heterocycles. The number of hydrogen-bond donors (Lipinski definition) is 1. The maximum absolute atomic E-state index is 12.1. The number of carbonyl (C=O) groups excluding carboxylic acids is 1. The summed E-state index contributed by atoms with van der Waals surface area (Å²) < 4.78 is 6.31. The summed E-state index contributed by atoms with van der Waals surface area (Å²) in [6.45, 7) is 0.410. The van der Waals surface area contributed by atoms with Crippen molar-refractivity contribution in [3.8, 4) is 5.75 Å². The lowest BCUT2D eigenvalue weighted by molar-refractivity contribution is -0.121. The van der Waals surface area contributed by atoms with Gasteiger partial charge in [0.2, 0.25) is 0 Å². The van der Waals surface area contributed by atoms with E-state index in [1.165, 1.54) is 0 Å². The van der Waals surface area contributed by atoms with Crippen molar-refractivity contribution in [2.24, 2.45) is 0 Å². The third-order valence-electron chi connectivity index (χ3n) is 3.02. The number of fused-ring (bicyclic) bond motifs is 1. The van der Waals surface area contributed by atoms with E-state index in [1.54, 1.807) is 23.2 Å². The molecule has 0 atom stereocenters. The Labute approximate surface area is 124 Å². The van der Waals surface area contributed by atoms with Crippen LogP contribution in [-0.4, -0.2) is 17.5 Å². The lowest BCUT2D eigenvalue weighted by atomic mass is 10.2. The number of amides is 1. The Hall–Kier alpha value is -2.08. The van der Waals surface area contributed by atoms with Gasteiger partial charge in [-0.3, -0.25) is 14.7 Å². The van der Waals surface area contributed by atoms with Crippen LogP contribution in [-0.2, 0) is 11.3 Å². The van der Waals surface area contributed by atoms with Crippen LogP contribution in [0.25, 0.3) is 0 Å². The number of benzene rings is 1. The van der Waals surface area contributed by atoms with E-state index in [2.05, 4.69) is 20.9 Å². The summed E-state index contributed by atoms with van der Waals surface area (Å²) in [6.07, 6.45) is 1.64. The molecule has 0 aliphatic carbocycles. The largest absolute Gasteiger partial charge is 0.482 e. The van der Waals surface area contributed by atoms with Gasteiger partial charge in [-0.2, -0.15) is 0 Å². The maximum atomic E-state index is 12.1. The first-order valence-electron chi connectivity index (χ1n) is 6.06. The van der Waals surface area contributed by atoms with Crippen molar-refractivity contribution in [3.63, 3.8) is 0 Å². The van der Waals surface area contributed by atoms with Gasteiger partial charge in [0, 0.05) is 16.4 Å². The molecule has 0 spiro atoms. The summed E-state index contributed by atoms with van der Waals surface area (Å²) >= 11 is 3.41. The standard InChI is InChI=1S/C14H12BrN3O2/c15-9-1-2-13-12(5-9)18(14(19)8-20-13)7-11-6-10(16)3-4-17-11/h1-6H,7-8H2,(H2,16,17). The van der Waals surface area contributed by atoms with Gasteiger partial charge in [-0.1, -0.05) is 15.9 Å². The number of pyridine rings is 1. The summed E-state index contributed by atoms with van der Waals surface area (Å²) in [6, 6.07) is 9.06. The van der Waals surface area contributed by atoms with Gasteiger partial charge in [0.05, 0.1) is 17.9 Å². The Morgan fingerprint density at radius 1 is 1.35 bits per heavy atom. The molecule has 6 heteroatoms. The number of aromatic nitrogens is 1. The Balaban J connectivity index is 1.97. The highest BCUT2D eigenvalue weighted by atomic mass is 79.9. The van der Waals surface area contributed by atoms with Crippen LogP contribution >= 0.6 is 15.9 Å². The molecule has 2 aromatic rings. The minimum Gasteiger partial charge on any atom is -0.482 e. The Bertz CT molecular complexity index is 675. The van der Waals surface area contributed by atoms with Gasteiger partial charge in [0.15, 0.2) is 6.61 Å². The Kier molecular flexibility index (Phi) is 3.31. The highest BCUT2D eigenvalue weighted by Gasteiger charge is 2.26. The average molecular weight is 334 g/mol. The van der Waals surface area contributed by atoms with Gasteiger partial charge in [0.25, 0.3) is 5.91 Å². The van der Waals surface area contributed by atoms with Gasteiger partial charge < -0.3 is 10.5 Å². The predicted octanol–water partition coefficient (Wildman–Crippen LogP) is 2.35. The van der Waals surface area contributed by atoms with Crippen LogP contribution in [0.15, 0.2) is 41.0 Å². The quantitative estimate of drug-likeness (QED) is 0.915. The van der Waals surface area contributed by atoms with E-state index in [0.29, 0.717) is 18.0 Å². The molecule has 3 rings (SSSR count). The van der Waals surface area contributed by atoms with Crippen molar-refractivity contribution in [1.82, 2.24) is 4.98 Å². The average Bonchev–Trinajstić information content (AvgIpc) is 2.42. The fourth-order valence-electron chi connectivity index (χ4n) is 2.09. The van der Waals surface area contributed by atoms with Gasteiger partial charge in [0.1, 0.15) is 5.75 Å². The second-order valence-corrected chi connectivity index (χ2v) is 5.38. The molecular formula is C14H12BrN3O2. The zero-order valence-corrected chi connectivity index (χ0v) is 12.1. The number of ether oxygens (including phenoxy) is 1. The van der Waals surface area contributed by atoms with E-state index in [4.69, 9.17) is 10.5 Å². The van der Waals surface area contributed by atoms with Crippen LogP contribution in [0, 0.1) is 0 Å². The van der Waals surface area contributed by atoms with Crippen molar-refractivity contribution >= 4 is 33.2 Å². The van der Waals surface area contributed by atoms with Gasteiger partial charge >= 0.3 is 0 Å². The van der Waals surface area contributed by atoms with Crippen molar-refractivity contribution in [2.75, 3.05) is 17.2 Å². The van der Waals surface area contributed by atoms with Crippen LogP contribution in [0.2, 0.25) is 0 Å². The van der Waals surface area contributed by atoms with Gasteiger partial charge in [-0.15, -0.1) is 0 Å². The van der Waals surface area contributed by atoms with Crippen LogP contribution in [0.4, 0.5) is 11.4 Å². The minimum atomic E-state index is -0.0974. The Morgan fingerprint density at radius 2 is 2.20 bits per heavy atom. The third kappa shape index (κ3) is 2.46. The fraction of sp³-hybridized carbons (Fsp3) is 0.143. The number of nitrogens with two attached hydrogens (primary N) is 1. The lowest BCUT2D eigenvalue weighted by Crippen LogP contribution is -2.38. The monoisotopic (exact) mass is 333 g/mol. The molecule has 0 radical (unpaired) electrons. The molecule has 1 amide bonds.